The zero-order chi connectivity index (χ0) is 13.3. The Kier molecular flexibility index (Phi) is 4.40. The fraction of sp³-hybridized carbons (Fsp3) is 0.692. The van der Waals surface area contributed by atoms with E-state index in [1.54, 1.807) is 11.3 Å². The average molecular weight is 270 g/mol. The summed E-state index contributed by atoms with van der Waals surface area (Å²) < 4.78 is 0. The second-order valence-corrected chi connectivity index (χ2v) is 6.02. The Morgan fingerprint density at radius 3 is 2.50 bits per heavy atom. The van der Waals surface area contributed by atoms with Gasteiger partial charge in [-0.25, -0.2) is 0 Å². The van der Waals surface area contributed by atoms with E-state index in [-0.39, 0.29) is 12.1 Å². The number of thiophene rings is 1. The van der Waals surface area contributed by atoms with E-state index < -0.39 is 12.2 Å². The minimum absolute atomic E-state index is 0.0276. The van der Waals surface area contributed by atoms with Crippen molar-refractivity contribution in [1.82, 2.24) is 4.90 Å². The smallest absolute Gasteiger partial charge is 0.0938 e. The van der Waals surface area contributed by atoms with Gasteiger partial charge in [-0.15, -0.1) is 11.3 Å². The molecule has 0 aliphatic carbocycles. The van der Waals surface area contributed by atoms with Crippen molar-refractivity contribution in [3.8, 4) is 0 Å². The monoisotopic (exact) mass is 270 g/mol. The molecular weight excluding hydrogens is 248 g/mol. The maximum absolute atomic E-state index is 9.71. The maximum Gasteiger partial charge on any atom is 0.0938 e. The molecule has 1 aliphatic rings. The van der Waals surface area contributed by atoms with E-state index in [0.29, 0.717) is 13.1 Å². The van der Waals surface area contributed by atoms with Gasteiger partial charge >= 0.3 is 0 Å². The van der Waals surface area contributed by atoms with Gasteiger partial charge in [0.05, 0.1) is 18.2 Å². The van der Waals surface area contributed by atoms with Crippen molar-refractivity contribution in [3.05, 3.63) is 21.9 Å². The van der Waals surface area contributed by atoms with Crippen molar-refractivity contribution in [2.75, 3.05) is 13.1 Å². The summed E-state index contributed by atoms with van der Waals surface area (Å²) in [5, 5.41) is 21.5. The summed E-state index contributed by atoms with van der Waals surface area (Å²) in [6.07, 6.45) is -0.432. The number of aryl methyl sites for hydroxylation is 1. The van der Waals surface area contributed by atoms with Gasteiger partial charge in [0, 0.05) is 24.0 Å². The Labute approximate surface area is 112 Å². The number of rotatable bonds is 4. The van der Waals surface area contributed by atoms with Crippen LogP contribution in [0, 0.1) is 6.92 Å². The minimum atomic E-state index is -0.656. The molecule has 0 saturated carbocycles. The van der Waals surface area contributed by atoms with E-state index >= 15 is 0 Å². The molecule has 0 radical (unpaired) electrons. The summed E-state index contributed by atoms with van der Waals surface area (Å²) in [4.78, 5) is 3.37. The lowest BCUT2D eigenvalue weighted by atomic mass is 10.0. The van der Waals surface area contributed by atoms with E-state index in [1.807, 2.05) is 0 Å². The van der Waals surface area contributed by atoms with Crippen LogP contribution in [0.4, 0.5) is 0 Å². The standard InChI is InChI=1S/C13H22N2O2S/c1-3-9(14)12(13-8(2)4-5-18-13)15-6-10(16)11(17)7-15/h4-5,9-12,16-17H,3,6-7,14H2,1-2H3. The van der Waals surface area contributed by atoms with Gasteiger partial charge in [-0.3, -0.25) is 4.90 Å². The molecule has 1 aromatic rings. The van der Waals surface area contributed by atoms with Gasteiger partial charge in [-0.05, 0) is 30.4 Å². The topological polar surface area (TPSA) is 69.7 Å². The van der Waals surface area contributed by atoms with Gasteiger partial charge in [0.15, 0.2) is 0 Å². The van der Waals surface area contributed by atoms with Crippen LogP contribution in [0.25, 0.3) is 0 Å². The van der Waals surface area contributed by atoms with Gasteiger partial charge in [0.1, 0.15) is 0 Å². The van der Waals surface area contributed by atoms with E-state index in [1.165, 1.54) is 10.4 Å². The number of aliphatic hydroxyl groups is 2. The first-order valence-corrected chi connectivity index (χ1v) is 7.32. The summed E-state index contributed by atoms with van der Waals surface area (Å²) in [7, 11) is 0. The molecule has 18 heavy (non-hydrogen) atoms. The Morgan fingerprint density at radius 1 is 1.44 bits per heavy atom. The van der Waals surface area contributed by atoms with Crippen molar-refractivity contribution in [2.45, 2.75) is 44.6 Å². The van der Waals surface area contributed by atoms with Gasteiger partial charge in [-0.2, -0.15) is 0 Å². The highest BCUT2D eigenvalue weighted by Crippen LogP contribution is 2.34. The number of hydrogen-bond donors (Lipinski definition) is 3. The third kappa shape index (κ3) is 2.60. The van der Waals surface area contributed by atoms with Crippen molar-refractivity contribution >= 4 is 11.3 Å². The van der Waals surface area contributed by atoms with Crippen LogP contribution < -0.4 is 5.73 Å². The molecule has 1 aromatic heterocycles. The summed E-state index contributed by atoms with van der Waals surface area (Å²) in [6, 6.07) is 2.22. The predicted octanol–water partition coefficient (Wildman–Crippen LogP) is 0.872. The van der Waals surface area contributed by atoms with Gasteiger partial charge in [0.2, 0.25) is 0 Å². The van der Waals surface area contributed by atoms with E-state index in [9.17, 15) is 10.2 Å². The summed E-state index contributed by atoms with van der Waals surface area (Å²) in [5.74, 6) is 0. The highest BCUT2D eigenvalue weighted by Gasteiger charge is 2.37. The van der Waals surface area contributed by atoms with Crippen LogP contribution in [0.5, 0.6) is 0 Å². The lowest BCUT2D eigenvalue weighted by molar-refractivity contribution is 0.0572. The van der Waals surface area contributed by atoms with Crippen LogP contribution in [-0.2, 0) is 0 Å². The zero-order valence-corrected chi connectivity index (χ0v) is 11.7. The molecule has 2 heterocycles. The molecule has 0 spiro atoms. The van der Waals surface area contributed by atoms with Crippen molar-refractivity contribution in [3.63, 3.8) is 0 Å². The Balaban J connectivity index is 2.24. The average Bonchev–Trinajstić information content (AvgIpc) is 2.88. The molecule has 0 aromatic carbocycles. The number of hydrogen-bond acceptors (Lipinski definition) is 5. The molecule has 4 nitrogen and oxygen atoms in total. The second-order valence-electron chi connectivity index (χ2n) is 5.07. The molecule has 4 N–H and O–H groups in total. The normalized spacial score (nSPS) is 28.5. The predicted molar refractivity (Wildman–Crippen MR) is 73.7 cm³/mol. The molecule has 0 amide bonds. The van der Waals surface area contributed by atoms with Crippen LogP contribution >= 0.6 is 11.3 Å². The van der Waals surface area contributed by atoms with Crippen LogP contribution in [0.1, 0.15) is 29.8 Å². The Hall–Kier alpha value is -0.460. The van der Waals surface area contributed by atoms with Gasteiger partial charge < -0.3 is 15.9 Å². The van der Waals surface area contributed by atoms with Crippen molar-refractivity contribution in [2.24, 2.45) is 5.73 Å². The quantitative estimate of drug-likeness (QED) is 0.759. The molecule has 1 aliphatic heterocycles. The minimum Gasteiger partial charge on any atom is -0.389 e. The molecule has 1 saturated heterocycles. The molecule has 102 valence electrons. The van der Waals surface area contributed by atoms with Crippen molar-refractivity contribution < 1.29 is 10.2 Å². The molecule has 4 atom stereocenters. The molecule has 0 bridgehead atoms. The van der Waals surface area contributed by atoms with E-state index in [4.69, 9.17) is 5.73 Å². The first kappa shape index (κ1) is 14.0. The molecule has 2 rings (SSSR count). The van der Waals surface area contributed by atoms with Crippen molar-refractivity contribution in [1.29, 1.82) is 0 Å². The SMILES string of the molecule is CCC(N)C(c1sccc1C)N1CC(O)C(O)C1. The van der Waals surface area contributed by atoms with Gasteiger partial charge in [-0.1, -0.05) is 6.92 Å². The fourth-order valence-corrected chi connectivity index (χ4v) is 3.70. The summed E-state index contributed by atoms with van der Waals surface area (Å²) >= 11 is 1.71. The highest BCUT2D eigenvalue weighted by molar-refractivity contribution is 7.10. The molecule has 1 fully saturated rings. The van der Waals surface area contributed by atoms with Gasteiger partial charge in [0.25, 0.3) is 0 Å². The molecule has 5 heteroatoms. The molecule has 4 unspecified atom stereocenters. The van der Waals surface area contributed by atoms with E-state index in [2.05, 4.69) is 30.2 Å². The Morgan fingerprint density at radius 2 is 2.06 bits per heavy atom. The number of β-amino-alcohol motifs (C(OH)–C–C–N with tert-alkyl or cyclic N) is 2. The Bertz CT molecular complexity index is 386. The fourth-order valence-electron chi connectivity index (χ4n) is 2.57. The maximum atomic E-state index is 9.71. The molecular formula is C13H22N2O2S. The van der Waals surface area contributed by atoms with Crippen LogP contribution in [0.3, 0.4) is 0 Å². The van der Waals surface area contributed by atoms with Crippen LogP contribution in [0.2, 0.25) is 0 Å². The summed E-state index contributed by atoms with van der Waals surface area (Å²) in [6.45, 7) is 5.15. The highest BCUT2D eigenvalue weighted by atomic mass is 32.1. The first-order chi connectivity index (χ1) is 8.54. The number of aliphatic hydroxyl groups excluding tert-OH is 2. The number of nitrogens with zero attached hydrogens (tertiary/aromatic N) is 1. The largest absolute Gasteiger partial charge is 0.389 e. The lowest BCUT2D eigenvalue weighted by Gasteiger charge is -2.32. The first-order valence-electron chi connectivity index (χ1n) is 6.44. The van der Waals surface area contributed by atoms with E-state index in [0.717, 1.165) is 6.42 Å². The lowest BCUT2D eigenvalue weighted by Crippen LogP contribution is -2.40. The third-order valence-electron chi connectivity index (χ3n) is 3.73. The number of likely N-dealkylation sites (tertiary alicyclic amines) is 1. The summed E-state index contributed by atoms with van der Waals surface area (Å²) in [5.41, 5.74) is 7.49. The third-order valence-corrected chi connectivity index (χ3v) is 4.82. The number of nitrogens with two attached hydrogens (primary N) is 1. The zero-order valence-electron chi connectivity index (χ0n) is 10.9. The second kappa shape index (κ2) is 5.67. The van der Waals surface area contributed by atoms with Crippen LogP contribution in [0.15, 0.2) is 11.4 Å². The van der Waals surface area contributed by atoms with Crippen LogP contribution in [-0.4, -0.2) is 46.5 Å².